The lowest BCUT2D eigenvalue weighted by atomic mass is 10.1. The zero-order valence-corrected chi connectivity index (χ0v) is 11.2. The van der Waals surface area contributed by atoms with Gasteiger partial charge < -0.3 is 4.84 Å². The molecule has 1 aromatic rings. The Bertz CT molecular complexity index is 471. The molecule has 0 aromatic heterocycles. The highest BCUT2D eigenvalue weighted by Gasteiger charge is 2.26. The molecular weight excluding hydrogens is 264 g/mol. The molecule has 5 nitrogen and oxygen atoms in total. The fraction of sp³-hybridized carbons (Fsp3) is 0.400. The number of benzene rings is 1. The molecule has 0 unspecified atom stereocenters. The molecular formula is C10H15ClN2O3S. The quantitative estimate of drug-likeness (QED) is 0.795. The summed E-state index contributed by atoms with van der Waals surface area (Å²) in [5.74, 6) is 4.94. The number of halogens is 1. The summed E-state index contributed by atoms with van der Waals surface area (Å²) in [6, 6.07) is 5.90. The van der Waals surface area contributed by atoms with E-state index in [0.29, 0.717) is 5.02 Å². The van der Waals surface area contributed by atoms with Gasteiger partial charge in [-0.25, -0.2) is 19.0 Å². The van der Waals surface area contributed by atoms with E-state index in [0.717, 1.165) is 0 Å². The molecule has 1 rings (SSSR count). The minimum Gasteiger partial charge on any atom is -0.303 e. The van der Waals surface area contributed by atoms with Crippen LogP contribution in [0.1, 0.15) is 13.8 Å². The second-order valence-electron chi connectivity index (χ2n) is 4.25. The number of hydrogen-bond acceptors (Lipinski definition) is 4. The van der Waals surface area contributed by atoms with Crippen LogP contribution in [0.3, 0.4) is 0 Å². The highest BCUT2D eigenvalue weighted by atomic mass is 35.5. The first-order valence-corrected chi connectivity index (χ1v) is 6.74. The summed E-state index contributed by atoms with van der Waals surface area (Å²) in [6.07, 6.45) is 0. The molecule has 0 saturated heterocycles. The monoisotopic (exact) mass is 278 g/mol. The second-order valence-corrected chi connectivity index (χ2v) is 6.37. The lowest BCUT2D eigenvalue weighted by Gasteiger charge is -2.24. The molecule has 0 aliphatic heterocycles. The van der Waals surface area contributed by atoms with Gasteiger partial charge in [-0.3, -0.25) is 0 Å². The second kappa shape index (κ2) is 5.32. The van der Waals surface area contributed by atoms with Crippen molar-refractivity contribution in [3.05, 3.63) is 29.3 Å². The Labute approximate surface area is 106 Å². The molecule has 3 N–H and O–H groups in total. The fourth-order valence-electron chi connectivity index (χ4n) is 1.27. The first-order chi connectivity index (χ1) is 7.77. The third-order valence-electron chi connectivity index (χ3n) is 1.98. The Balaban J connectivity index is 2.93. The molecule has 0 fully saturated rings. The van der Waals surface area contributed by atoms with Crippen LogP contribution in [0.2, 0.25) is 5.02 Å². The first kappa shape index (κ1) is 14.4. The standard InChI is InChI=1S/C10H15ClN2O3S/c1-10(2,7-16-12)13-17(14,15)9-5-3-8(11)4-6-9/h3-6,13H,7,12H2,1-2H3. The maximum atomic E-state index is 12.0. The van der Waals surface area contributed by atoms with E-state index in [1.54, 1.807) is 13.8 Å². The van der Waals surface area contributed by atoms with Gasteiger partial charge in [0, 0.05) is 5.02 Å². The highest BCUT2D eigenvalue weighted by molar-refractivity contribution is 7.89. The molecule has 0 spiro atoms. The van der Waals surface area contributed by atoms with Crippen molar-refractivity contribution in [3.63, 3.8) is 0 Å². The summed E-state index contributed by atoms with van der Waals surface area (Å²) in [4.78, 5) is 4.60. The van der Waals surface area contributed by atoms with Crippen molar-refractivity contribution in [2.24, 2.45) is 5.90 Å². The minimum absolute atomic E-state index is 0.0693. The Morgan fingerprint density at radius 2 is 1.88 bits per heavy atom. The van der Waals surface area contributed by atoms with Crippen molar-refractivity contribution in [2.75, 3.05) is 6.61 Å². The minimum atomic E-state index is -3.60. The molecule has 1 aromatic carbocycles. The van der Waals surface area contributed by atoms with E-state index in [9.17, 15) is 8.42 Å². The maximum absolute atomic E-state index is 12.0. The predicted octanol–water partition coefficient (Wildman–Crippen LogP) is 1.29. The van der Waals surface area contributed by atoms with Crippen LogP contribution in [0.5, 0.6) is 0 Å². The topological polar surface area (TPSA) is 81.4 Å². The van der Waals surface area contributed by atoms with Crippen LogP contribution in [0.25, 0.3) is 0 Å². The van der Waals surface area contributed by atoms with Gasteiger partial charge in [0.25, 0.3) is 0 Å². The molecule has 7 heteroatoms. The lowest BCUT2D eigenvalue weighted by Crippen LogP contribution is -2.47. The van der Waals surface area contributed by atoms with Gasteiger partial charge >= 0.3 is 0 Å². The van der Waals surface area contributed by atoms with E-state index in [-0.39, 0.29) is 11.5 Å². The molecule has 0 atom stereocenters. The number of nitrogens with two attached hydrogens (primary N) is 1. The van der Waals surface area contributed by atoms with Crippen molar-refractivity contribution >= 4 is 21.6 Å². The zero-order chi connectivity index (χ0) is 13.1. The number of hydrogen-bond donors (Lipinski definition) is 2. The summed E-state index contributed by atoms with van der Waals surface area (Å²) >= 11 is 5.69. The van der Waals surface area contributed by atoms with E-state index in [2.05, 4.69) is 9.56 Å². The number of sulfonamides is 1. The number of nitrogens with one attached hydrogen (secondary N) is 1. The summed E-state index contributed by atoms with van der Waals surface area (Å²) in [5, 5.41) is 0.480. The highest BCUT2D eigenvalue weighted by Crippen LogP contribution is 2.16. The largest absolute Gasteiger partial charge is 0.303 e. The molecule has 0 aliphatic rings. The van der Waals surface area contributed by atoms with Gasteiger partial charge in [-0.05, 0) is 38.1 Å². The van der Waals surface area contributed by atoms with Crippen LogP contribution in [0, 0.1) is 0 Å². The van der Waals surface area contributed by atoms with Gasteiger partial charge in [0.1, 0.15) is 0 Å². The Morgan fingerprint density at radius 3 is 2.35 bits per heavy atom. The van der Waals surface area contributed by atoms with Crippen LogP contribution in [-0.4, -0.2) is 20.6 Å². The van der Waals surface area contributed by atoms with E-state index < -0.39 is 15.6 Å². The smallest absolute Gasteiger partial charge is 0.241 e. The van der Waals surface area contributed by atoms with E-state index in [1.807, 2.05) is 0 Å². The van der Waals surface area contributed by atoms with Gasteiger partial charge in [0.2, 0.25) is 10.0 Å². The zero-order valence-electron chi connectivity index (χ0n) is 9.60. The Hall–Kier alpha value is -0.660. The van der Waals surface area contributed by atoms with E-state index in [1.165, 1.54) is 24.3 Å². The van der Waals surface area contributed by atoms with E-state index in [4.69, 9.17) is 17.5 Å². The van der Waals surface area contributed by atoms with Crippen LogP contribution >= 0.6 is 11.6 Å². The molecule has 0 aliphatic carbocycles. The molecule has 0 bridgehead atoms. The fourth-order valence-corrected chi connectivity index (χ4v) is 2.80. The normalized spacial score (nSPS) is 12.7. The van der Waals surface area contributed by atoms with Crippen molar-refractivity contribution in [1.82, 2.24) is 4.72 Å². The number of rotatable bonds is 5. The lowest BCUT2D eigenvalue weighted by molar-refractivity contribution is 0.0929. The first-order valence-electron chi connectivity index (χ1n) is 4.88. The van der Waals surface area contributed by atoms with Crippen molar-refractivity contribution in [2.45, 2.75) is 24.3 Å². The van der Waals surface area contributed by atoms with Crippen LogP contribution < -0.4 is 10.6 Å². The molecule has 0 radical (unpaired) electrons. The van der Waals surface area contributed by atoms with Crippen LogP contribution in [-0.2, 0) is 14.9 Å². The SMILES string of the molecule is CC(C)(CON)NS(=O)(=O)c1ccc(Cl)cc1. The van der Waals surface area contributed by atoms with E-state index >= 15 is 0 Å². The molecule has 0 heterocycles. The van der Waals surface area contributed by atoms with Gasteiger partial charge in [-0.1, -0.05) is 11.6 Å². The van der Waals surface area contributed by atoms with Gasteiger partial charge in [-0.2, -0.15) is 0 Å². The summed E-state index contributed by atoms with van der Waals surface area (Å²) < 4.78 is 26.5. The Morgan fingerprint density at radius 1 is 1.35 bits per heavy atom. The Kier molecular flexibility index (Phi) is 4.51. The molecule has 0 amide bonds. The summed E-state index contributed by atoms with van der Waals surface area (Å²) in [6.45, 7) is 3.42. The summed E-state index contributed by atoms with van der Waals surface area (Å²) in [5.41, 5.74) is -0.785. The molecule has 17 heavy (non-hydrogen) atoms. The van der Waals surface area contributed by atoms with Crippen molar-refractivity contribution in [3.8, 4) is 0 Å². The van der Waals surface area contributed by atoms with Crippen LogP contribution in [0.4, 0.5) is 0 Å². The predicted molar refractivity (Wildman–Crippen MR) is 66.0 cm³/mol. The van der Waals surface area contributed by atoms with Crippen LogP contribution in [0.15, 0.2) is 29.2 Å². The van der Waals surface area contributed by atoms with Crippen molar-refractivity contribution < 1.29 is 13.3 Å². The van der Waals surface area contributed by atoms with Gasteiger partial charge in [0.05, 0.1) is 17.0 Å². The van der Waals surface area contributed by atoms with Crippen molar-refractivity contribution in [1.29, 1.82) is 0 Å². The average Bonchev–Trinajstić information content (AvgIpc) is 2.16. The maximum Gasteiger partial charge on any atom is 0.241 e. The third kappa shape index (κ3) is 4.25. The average molecular weight is 279 g/mol. The third-order valence-corrected chi connectivity index (χ3v) is 3.94. The molecule has 0 saturated carbocycles. The molecule has 96 valence electrons. The van der Waals surface area contributed by atoms with Gasteiger partial charge in [0.15, 0.2) is 0 Å². The van der Waals surface area contributed by atoms with Gasteiger partial charge in [-0.15, -0.1) is 0 Å². The summed E-state index contributed by atoms with van der Waals surface area (Å²) in [7, 11) is -3.60.